The maximum Gasteiger partial charge on any atom is 0.103 e. The summed E-state index contributed by atoms with van der Waals surface area (Å²) in [6.07, 6.45) is 11.4. The molecule has 0 aliphatic carbocycles. The molecule has 1 aliphatic rings. The molecule has 2 aromatic heterocycles. The lowest BCUT2D eigenvalue weighted by molar-refractivity contribution is 0.198. The number of imidazole rings is 1. The summed E-state index contributed by atoms with van der Waals surface area (Å²) in [5.74, 6) is 0. The van der Waals surface area contributed by atoms with Crippen molar-refractivity contribution in [1.82, 2.24) is 12.7 Å². The second-order valence-corrected chi connectivity index (χ2v) is 4.37. The Kier molecular flexibility index (Phi) is 8.48. The Morgan fingerprint density at radius 2 is 1.65 bits per heavy atom. The third-order valence-electron chi connectivity index (χ3n) is 1.87. The van der Waals surface area contributed by atoms with E-state index >= 15 is 0 Å². The van der Waals surface area contributed by atoms with Crippen molar-refractivity contribution in [2.75, 3.05) is 13.2 Å². The lowest BCUT2D eigenvalue weighted by atomic mass is 10.4. The zero-order valence-corrected chi connectivity index (χ0v) is 11.7. The van der Waals surface area contributed by atoms with Crippen molar-refractivity contribution in [2.24, 2.45) is 0 Å². The van der Waals surface area contributed by atoms with Gasteiger partial charge in [0.05, 0.1) is 22.9 Å². The van der Waals surface area contributed by atoms with Crippen LogP contribution in [0.3, 0.4) is 0 Å². The van der Waals surface area contributed by atoms with Crippen molar-refractivity contribution in [3.8, 4) is 0 Å². The number of halogens is 1. The molecule has 2 aromatic rings. The van der Waals surface area contributed by atoms with E-state index in [1.807, 2.05) is 27.2 Å². The summed E-state index contributed by atoms with van der Waals surface area (Å²) in [6, 6.07) is 5.72. The van der Waals surface area contributed by atoms with Crippen LogP contribution in [0, 0.1) is 0 Å². The molecule has 0 amide bonds. The number of nitrogens with zero attached hydrogens (tertiary/aromatic N) is 3. The fourth-order valence-corrected chi connectivity index (χ4v) is 1.35. The zero-order valence-electron chi connectivity index (χ0n) is 9.58. The highest BCUT2D eigenvalue weighted by molar-refractivity contribution is 14.1. The van der Waals surface area contributed by atoms with Crippen LogP contribution in [-0.4, -0.2) is 26.0 Å². The summed E-state index contributed by atoms with van der Waals surface area (Å²) in [5, 5.41) is 0. The Bertz CT molecular complexity index is 315. The van der Waals surface area contributed by atoms with Crippen LogP contribution in [0.25, 0.3) is 0 Å². The molecule has 0 unspecified atom stereocenters. The average molecular weight is 345 g/mol. The molecule has 5 heteroatoms. The quantitative estimate of drug-likeness (QED) is 0.690. The van der Waals surface area contributed by atoms with Gasteiger partial charge < -0.3 is 4.74 Å². The molecule has 17 heavy (non-hydrogen) atoms. The van der Waals surface area contributed by atoms with E-state index in [4.69, 9.17) is 4.74 Å². The molecule has 1 saturated heterocycles. The maximum absolute atomic E-state index is 4.94. The minimum absolute atomic E-state index is 1.00. The Balaban J connectivity index is 0.000000128. The molecule has 0 saturated carbocycles. The largest absolute Gasteiger partial charge is 0.381 e. The molecule has 92 valence electrons. The fourth-order valence-electron chi connectivity index (χ4n) is 1.07. The predicted octanol–water partition coefficient (Wildman–Crippen LogP) is 2.96. The highest BCUT2D eigenvalue weighted by Crippen LogP contribution is 1.98. The SMILES string of the molecule is C1CCOC1.In1ccnc1.c1ccncc1. The molecule has 0 aromatic carbocycles. The predicted molar refractivity (Wildman–Crippen MR) is 75.9 cm³/mol. The minimum atomic E-state index is 1.00. The van der Waals surface area contributed by atoms with Crippen LogP contribution in [-0.2, 0) is 4.74 Å². The monoisotopic (exact) mass is 345 g/mol. The van der Waals surface area contributed by atoms with Gasteiger partial charge in [-0.05, 0) is 25.0 Å². The van der Waals surface area contributed by atoms with Crippen LogP contribution in [0.2, 0.25) is 0 Å². The number of rotatable bonds is 0. The first kappa shape index (κ1) is 14.1. The van der Waals surface area contributed by atoms with E-state index in [0.717, 1.165) is 13.2 Å². The molecule has 1 fully saturated rings. The minimum Gasteiger partial charge on any atom is -0.381 e. The first-order valence-electron chi connectivity index (χ1n) is 5.46. The van der Waals surface area contributed by atoms with Crippen LogP contribution in [0.5, 0.6) is 0 Å². The molecule has 0 atom stereocenters. The average Bonchev–Trinajstić information content (AvgIpc) is 3.07. The van der Waals surface area contributed by atoms with Crippen LogP contribution in [0.1, 0.15) is 12.8 Å². The van der Waals surface area contributed by atoms with Gasteiger partial charge in [0.1, 0.15) is 6.33 Å². The summed E-state index contributed by atoms with van der Waals surface area (Å²) in [7, 11) is 0. The van der Waals surface area contributed by atoms with Gasteiger partial charge in [0.15, 0.2) is 0 Å². The lowest BCUT2D eigenvalue weighted by Gasteiger charge is -1.76. The van der Waals surface area contributed by atoms with Gasteiger partial charge in [0.25, 0.3) is 0 Å². The second-order valence-electron chi connectivity index (χ2n) is 3.25. The Morgan fingerprint density at radius 1 is 0.941 bits per heavy atom. The summed E-state index contributed by atoms with van der Waals surface area (Å²) in [6.45, 7) is 2.00. The number of ether oxygens (including phenoxy) is 1. The van der Waals surface area contributed by atoms with Crippen LogP contribution >= 0.6 is 22.9 Å². The molecular weight excluding hydrogens is 329 g/mol. The smallest absolute Gasteiger partial charge is 0.103 e. The summed E-state index contributed by atoms with van der Waals surface area (Å²) in [4.78, 5) is 7.56. The van der Waals surface area contributed by atoms with E-state index in [-0.39, 0.29) is 0 Å². The van der Waals surface area contributed by atoms with Gasteiger partial charge in [-0.1, -0.05) is 6.07 Å². The van der Waals surface area contributed by atoms with Gasteiger partial charge in [-0.15, -0.1) is 0 Å². The highest BCUT2D eigenvalue weighted by Gasteiger charge is 1.94. The molecule has 0 N–H and O–H groups in total. The van der Waals surface area contributed by atoms with Crippen molar-refractivity contribution in [3.63, 3.8) is 0 Å². The summed E-state index contributed by atoms with van der Waals surface area (Å²) in [5.41, 5.74) is 0. The van der Waals surface area contributed by atoms with Crippen LogP contribution in [0.15, 0.2) is 49.3 Å². The van der Waals surface area contributed by atoms with Gasteiger partial charge in [0, 0.05) is 38.0 Å². The van der Waals surface area contributed by atoms with Crippen LogP contribution < -0.4 is 0 Å². The molecule has 0 radical (unpaired) electrons. The first-order valence-corrected chi connectivity index (χ1v) is 6.43. The lowest BCUT2D eigenvalue weighted by Crippen LogP contribution is -1.74. The zero-order chi connectivity index (χ0) is 12.2. The van der Waals surface area contributed by atoms with Crippen LogP contribution in [0.4, 0.5) is 0 Å². The highest BCUT2D eigenvalue weighted by atomic mass is 127. The molecule has 0 bridgehead atoms. The third kappa shape index (κ3) is 8.82. The van der Waals surface area contributed by atoms with Crippen molar-refractivity contribution in [3.05, 3.63) is 49.3 Å². The van der Waals surface area contributed by atoms with Gasteiger partial charge in [-0.2, -0.15) is 0 Å². The topological polar surface area (TPSA) is 39.9 Å². The number of hydrogen-bond acceptors (Lipinski definition) is 3. The standard InChI is InChI=1S/C5H5N.C4H8O.C3H3IN2/c1-2-4-6-5-3-1;1-2-4-5-3-1;4-6-2-1-5-3-6/h1-5H;1-4H2;1-3H. The molecule has 4 nitrogen and oxygen atoms in total. The Hall–Kier alpha value is -0.950. The van der Waals surface area contributed by atoms with E-state index in [1.165, 1.54) is 12.8 Å². The normalized spacial score (nSPS) is 13.0. The Morgan fingerprint density at radius 3 is 1.82 bits per heavy atom. The van der Waals surface area contributed by atoms with E-state index in [9.17, 15) is 0 Å². The van der Waals surface area contributed by atoms with Gasteiger partial charge in [-0.25, -0.2) is 4.98 Å². The second kappa shape index (κ2) is 10.2. The van der Waals surface area contributed by atoms with Crippen molar-refractivity contribution in [1.29, 1.82) is 0 Å². The fraction of sp³-hybridized carbons (Fsp3) is 0.333. The molecule has 3 rings (SSSR count). The van der Waals surface area contributed by atoms with Crippen molar-refractivity contribution >= 4 is 22.9 Å². The maximum atomic E-state index is 4.94. The van der Waals surface area contributed by atoms with E-state index in [1.54, 1.807) is 24.9 Å². The van der Waals surface area contributed by atoms with E-state index < -0.39 is 0 Å². The van der Waals surface area contributed by atoms with Gasteiger partial charge in [-0.3, -0.25) is 7.76 Å². The Labute approximate surface area is 116 Å². The number of hydrogen-bond donors (Lipinski definition) is 0. The van der Waals surface area contributed by atoms with Gasteiger partial charge >= 0.3 is 0 Å². The molecule has 3 heterocycles. The van der Waals surface area contributed by atoms with Crippen molar-refractivity contribution in [2.45, 2.75) is 12.8 Å². The van der Waals surface area contributed by atoms with E-state index in [2.05, 4.69) is 32.8 Å². The summed E-state index contributed by atoms with van der Waals surface area (Å²) >= 11 is 2.13. The molecule has 0 spiro atoms. The molecular formula is C12H16IN3O. The third-order valence-corrected chi connectivity index (χ3v) is 2.44. The molecule has 1 aliphatic heterocycles. The van der Waals surface area contributed by atoms with Gasteiger partial charge in [0.2, 0.25) is 0 Å². The number of pyridine rings is 1. The summed E-state index contributed by atoms with van der Waals surface area (Å²) < 4.78 is 6.80. The first-order chi connectivity index (χ1) is 8.39. The van der Waals surface area contributed by atoms with E-state index in [0.29, 0.717) is 0 Å². The number of aromatic nitrogens is 3. The van der Waals surface area contributed by atoms with Crippen molar-refractivity contribution < 1.29 is 4.74 Å².